The topological polar surface area (TPSA) is 124 Å². The van der Waals surface area contributed by atoms with Gasteiger partial charge in [0.1, 0.15) is 4.90 Å². The first-order valence-electron chi connectivity index (χ1n) is 10.1. The van der Waals surface area contributed by atoms with Crippen LogP contribution in [0, 0.1) is 0 Å². The monoisotopic (exact) mass is 454 g/mol. The van der Waals surface area contributed by atoms with Crippen LogP contribution in [0.3, 0.4) is 0 Å². The predicted octanol–water partition coefficient (Wildman–Crippen LogP) is 2.46. The molecule has 0 radical (unpaired) electrons. The molecule has 0 bridgehead atoms. The number of rotatable bonds is 7. The Morgan fingerprint density at radius 3 is 2.23 bits per heavy atom. The second kappa shape index (κ2) is 8.41. The number of nitrogens with one attached hydrogen (secondary N) is 1. The average molecular weight is 455 g/mol. The van der Waals surface area contributed by atoms with E-state index >= 15 is 0 Å². The third kappa shape index (κ3) is 5.29. The van der Waals surface area contributed by atoms with Gasteiger partial charge in [0.05, 0.1) is 16.6 Å². The summed E-state index contributed by atoms with van der Waals surface area (Å²) in [6.45, 7) is 6.07. The number of sulfonamides is 2. The number of benzene rings is 1. The van der Waals surface area contributed by atoms with Gasteiger partial charge >= 0.3 is 0 Å². The Balaban J connectivity index is 1.75. The fraction of sp³-hybridized carbons (Fsp3) is 0.550. The van der Waals surface area contributed by atoms with Crippen molar-refractivity contribution >= 4 is 20.0 Å². The maximum atomic E-state index is 13.0. The standard InChI is InChI=1S/C20H30N4O4S2/c1-20(2,3)19-18(14-24(23-19)16-6-4-5-7-16)30(27,28)22-13-12-15-8-10-17(11-9-15)29(21,25)26/h8-11,14,16,22H,4-7,12-13H2,1-3H3,(H2,21,25,26). The normalized spacial score (nSPS) is 16.3. The Morgan fingerprint density at radius 2 is 1.70 bits per heavy atom. The lowest BCUT2D eigenvalue weighted by Gasteiger charge is -2.18. The summed E-state index contributed by atoms with van der Waals surface area (Å²) in [6, 6.07) is 6.36. The summed E-state index contributed by atoms with van der Waals surface area (Å²) >= 11 is 0. The number of primary sulfonamides is 1. The quantitative estimate of drug-likeness (QED) is 0.665. The van der Waals surface area contributed by atoms with Gasteiger partial charge in [0.15, 0.2) is 0 Å². The van der Waals surface area contributed by atoms with Gasteiger partial charge in [-0.15, -0.1) is 0 Å². The molecule has 0 spiro atoms. The zero-order valence-electron chi connectivity index (χ0n) is 17.6. The molecule has 8 nitrogen and oxygen atoms in total. The molecule has 1 aliphatic rings. The highest BCUT2D eigenvalue weighted by molar-refractivity contribution is 7.89. The number of nitrogens with zero attached hydrogens (tertiary/aromatic N) is 2. The lowest BCUT2D eigenvalue weighted by Crippen LogP contribution is -2.28. The van der Waals surface area contributed by atoms with Crippen LogP contribution in [0.25, 0.3) is 0 Å². The van der Waals surface area contributed by atoms with Gasteiger partial charge in [-0.2, -0.15) is 5.10 Å². The molecule has 2 aromatic rings. The van der Waals surface area contributed by atoms with E-state index in [1.54, 1.807) is 18.3 Å². The molecule has 0 atom stereocenters. The Bertz CT molecular complexity index is 1090. The summed E-state index contributed by atoms with van der Waals surface area (Å²) in [5.41, 5.74) is 0.972. The second-order valence-corrected chi connectivity index (χ2v) is 12.1. The Labute approximate surface area is 179 Å². The molecule has 3 rings (SSSR count). The van der Waals surface area contributed by atoms with Crippen molar-refractivity contribution in [3.63, 3.8) is 0 Å². The number of hydrogen-bond acceptors (Lipinski definition) is 5. The number of hydrogen-bond donors (Lipinski definition) is 2. The van der Waals surface area contributed by atoms with Crippen LogP contribution < -0.4 is 9.86 Å². The molecule has 0 unspecified atom stereocenters. The summed E-state index contributed by atoms with van der Waals surface area (Å²) in [5.74, 6) is 0. The molecule has 10 heteroatoms. The van der Waals surface area contributed by atoms with Gasteiger partial charge in [0.25, 0.3) is 0 Å². The van der Waals surface area contributed by atoms with E-state index < -0.39 is 25.5 Å². The minimum atomic E-state index is -3.74. The first kappa shape index (κ1) is 22.9. The number of aromatic nitrogens is 2. The SMILES string of the molecule is CC(C)(C)c1nn(C2CCCC2)cc1S(=O)(=O)NCCc1ccc(S(N)(=O)=O)cc1. The number of nitrogens with two attached hydrogens (primary N) is 1. The molecule has 166 valence electrons. The summed E-state index contributed by atoms with van der Waals surface area (Å²) in [5, 5.41) is 9.75. The van der Waals surface area contributed by atoms with Crippen LogP contribution in [-0.2, 0) is 31.9 Å². The van der Waals surface area contributed by atoms with Crippen molar-refractivity contribution < 1.29 is 16.8 Å². The average Bonchev–Trinajstić information content (AvgIpc) is 3.30. The minimum Gasteiger partial charge on any atom is -0.268 e. The third-order valence-corrected chi connectivity index (χ3v) is 7.75. The second-order valence-electron chi connectivity index (χ2n) is 8.85. The molecule has 0 amide bonds. The first-order chi connectivity index (χ1) is 13.9. The molecule has 1 aromatic carbocycles. The van der Waals surface area contributed by atoms with Crippen molar-refractivity contribution in [2.75, 3.05) is 6.54 Å². The smallest absolute Gasteiger partial charge is 0.244 e. The summed E-state index contributed by atoms with van der Waals surface area (Å²) < 4.78 is 53.2. The van der Waals surface area contributed by atoms with Crippen LogP contribution in [0.1, 0.15) is 63.8 Å². The van der Waals surface area contributed by atoms with Crippen molar-refractivity contribution in [3.8, 4) is 0 Å². The molecule has 1 aliphatic carbocycles. The van der Waals surface area contributed by atoms with Gasteiger partial charge in [0.2, 0.25) is 20.0 Å². The van der Waals surface area contributed by atoms with E-state index in [9.17, 15) is 16.8 Å². The Hall–Kier alpha value is -1.75. The molecule has 30 heavy (non-hydrogen) atoms. The van der Waals surface area contributed by atoms with Crippen molar-refractivity contribution in [2.24, 2.45) is 5.14 Å². The minimum absolute atomic E-state index is 0.0287. The predicted molar refractivity (Wildman–Crippen MR) is 115 cm³/mol. The maximum absolute atomic E-state index is 13.0. The van der Waals surface area contributed by atoms with Gasteiger partial charge in [-0.05, 0) is 37.0 Å². The van der Waals surface area contributed by atoms with Crippen molar-refractivity contribution in [1.29, 1.82) is 0 Å². The maximum Gasteiger partial charge on any atom is 0.244 e. The largest absolute Gasteiger partial charge is 0.268 e. The lowest BCUT2D eigenvalue weighted by molar-refractivity contribution is 0.448. The fourth-order valence-corrected chi connectivity index (χ4v) is 5.59. The fourth-order valence-electron chi connectivity index (χ4n) is 3.70. The molecule has 1 saturated carbocycles. The highest BCUT2D eigenvalue weighted by atomic mass is 32.2. The van der Waals surface area contributed by atoms with E-state index in [4.69, 9.17) is 5.14 Å². The molecule has 3 N–H and O–H groups in total. The van der Waals surface area contributed by atoms with E-state index in [-0.39, 0.29) is 22.4 Å². The van der Waals surface area contributed by atoms with Crippen LogP contribution in [-0.4, -0.2) is 33.2 Å². The van der Waals surface area contributed by atoms with Crippen LogP contribution in [0.2, 0.25) is 0 Å². The van der Waals surface area contributed by atoms with Crippen molar-refractivity contribution in [3.05, 3.63) is 41.7 Å². The molecule has 1 aromatic heterocycles. The van der Waals surface area contributed by atoms with E-state index in [0.29, 0.717) is 12.1 Å². The van der Waals surface area contributed by atoms with E-state index in [2.05, 4.69) is 9.82 Å². The van der Waals surface area contributed by atoms with Crippen LogP contribution in [0.4, 0.5) is 0 Å². The van der Waals surface area contributed by atoms with Crippen LogP contribution in [0.15, 0.2) is 40.3 Å². The van der Waals surface area contributed by atoms with Gasteiger partial charge < -0.3 is 0 Å². The molecule has 0 saturated heterocycles. The highest BCUT2D eigenvalue weighted by Crippen LogP contribution is 2.33. The highest BCUT2D eigenvalue weighted by Gasteiger charge is 2.31. The third-order valence-electron chi connectivity index (χ3n) is 5.35. The zero-order chi connectivity index (χ0) is 22.2. The molecular weight excluding hydrogens is 424 g/mol. The van der Waals surface area contributed by atoms with E-state index in [1.807, 2.05) is 25.5 Å². The Kier molecular flexibility index (Phi) is 6.43. The zero-order valence-corrected chi connectivity index (χ0v) is 19.3. The summed E-state index contributed by atoms with van der Waals surface area (Å²) in [4.78, 5) is 0.257. The summed E-state index contributed by atoms with van der Waals surface area (Å²) in [7, 11) is -7.48. The summed E-state index contributed by atoms with van der Waals surface area (Å²) in [6.07, 6.45) is 6.41. The first-order valence-corrected chi connectivity index (χ1v) is 13.1. The molecule has 0 aliphatic heterocycles. The van der Waals surface area contributed by atoms with Crippen molar-refractivity contribution in [2.45, 2.75) is 74.1 Å². The van der Waals surface area contributed by atoms with Crippen molar-refractivity contribution in [1.82, 2.24) is 14.5 Å². The van der Waals surface area contributed by atoms with Gasteiger partial charge in [-0.25, -0.2) is 26.7 Å². The van der Waals surface area contributed by atoms with Crippen LogP contribution >= 0.6 is 0 Å². The van der Waals surface area contributed by atoms with E-state index in [1.165, 1.54) is 12.1 Å². The van der Waals surface area contributed by atoms with E-state index in [0.717, 1.165) is 31.2 Å². The molecule has 1 fully saturated rings. The van der Waals surface area contributed by atoms with Crippen LogP contribution in [0.5, 0.6) is 0 Å². The Morgan fingerprint density at radius 1 is 1.10 bits per heavy atom. The van der Waals surface area contributed by atoms with Gasteiger partial charge in [-0.3, -0.25) is 4.68 Å². The molecule has 1 heterocycles. The molecular formula is C20H30N4O4S2. The van der Waals surface area contributed by atoms with Gasteiger partial charge in [-0.1, -0.05) is 45.7 Å². The van der Waals surface area contributed by atoms with Gasteiger partial charge in [0, 0.05) is 18.2 Å². The lowest BCUT2D eigenvalue weighted by atomic mass is 9.92.